The molecule has 2 aromatic carbocycles. The quantitative estimate of drug-likeness (QED) is 0.798. The highest BCUT2D eigenvalue weighted by Gasteiger charge is 2.10. The van der Waals surface area contributed by atoms with Gasteiger partial charge in [-0.3, -0.25) is 0 Å². The molecule has 0 aliphatic carbocycles. The molecular weight excluding hydrogens is 282 g/mol. The number of rotatable bonds is 4. The van der Waals surface area contributed by atoms with E-state index < -0.39 is 0 Å². The molecule has 0 unspecified atom stereocenters. The van der Waals surface area contributed by atoms with Crippen LogP contribution in [0.25, 0.3) is 11.0 Å². The Bertz CT molecular complexity index is 777. The Morgan fingerprint density at radius 3 is 2.71 bits per heavy atom. The van der Waals surface area contributed by atoms with Crippen LogP contribution in [0.1, 0.15) is 17.0 Å². The molecule has 0 atom stereocenters. The number of aromatic nitrogens is 2. The molecule has 0 fully saturated rings. The van der Waals surface area contributed by atoms with Crippen LogP contribution in [0.2, 0.25) is 5.02 Å². The van der Waals surface area contributed by atoms with E-state index in [1.54, 1.807) is 0 Å². The van der Waals surface area contributed by atoms with Gasteiger partial charge in [0.05, 0.1) is 11.0 Å². The van der Waals surface area contributed by atoms with Gasteiger partial charge in [0.1, 0.15) is 5.82 Å². The number of hydrogen-bond acceptors (Lipinski definition) is 2. The molecule has 1 aromatic heterocycles. The van der Waals surface area contributed by atoms with Crippen LogP contribution in [0.5, 0.6) is 0 Å². The summed E-state index contributed by atoms with van der Waals surface area (Å²) in [5.74, 6) is 1.03. The molecule has 108 valence electrons. The maximum Gasteiger partial charge on any atom is 0.114 e. The summed E-state index contributed by atoms with van der Waals surface area (Å²) in [5, 5.41) is 3.93. The average Bonchev–Trinajstić information content (AvgIpc) is 2.79. The van der Waals surface area contributed by atoms with Crippen molar-refractivity contribution in [3.63, 3.8) is 0 Å². The van der Waals surface area contributed by atoms with Gasteiger partial charge in [0.25, 0.3) is 0 Å². The minimum absolute atomic E-state index is 0.740. The topological polar surface area (TPSA) is 29.9 Å². The molecule has 1 heterocycles. The highest BCUT2D eigenvalue weighted by molar-refractivity contribution is 6.31. The fourth-order valence-electron chi connectivity index (χ4n) is 2.57. The van der Waals surface area contributed by atoms with E-state index in [0.717, 1.165) is 40.4 Å². The minimum Gasteiger partial charge on any atom is -0.331 e. The number of hydrogen-bond donors (Lipinski definition) is 1. The van der Waals surface area contributed by atoms with E-state index in [4.69, 9.17) is 16.6 Å². The van der Waals surface area contributed by atoms with Crippen molar-refractivity contribution in [3.05, 3.63) is 64.4 Å². The first-order valence-electron chi connectivity index (χ1n) is 7.01. The molecule has 21 heavy (non-hydrogen) atoms. The highest BCUT2D eigenvalue weighted by Crippen LogP contribution is 2.22. The molecule has 3 nitrogen and oxygen atoms in total. The molecule has 0 saturated carbocycles. The lowest BCUT2D eigenvalue weighted by Gasteiger charge is -2.07. The third-order valence-electron chi connectivity index (χ3n) is 3.73. The summed E-state index contributed by atoms with van der Waals surface area (Å²) in [5.41, 5.74) is 4.47. The zero-order chi connectivity index (χ0) is 14.8. The minimum atomic E-state index is 0.740. The van der Waals surface area contributed by atoms with E-state index >= 15 is 0 Å². The van der Waals surface area contributed by atoms with Crippen molar-refractivity contribution >= 4 is 22.6 Å². The van der Waals surface area contributed by atoms with Crippen LogP contribution in [-0.2, 0) is 20.0 Å². The van der Waals surface area contributed by atoms with E-state index in [9.17, 15) is 0 Å². The van der Waals surface area contributed by atoms with Gasteiger partial charge in [-0.25, -0.2) is 4.98 Å². The van der Waals surface area contributed by atoms with Gasteiger partial charge in [0.15, 0.2) is 0 Å². The number of nitrogens with zero attached hydrogens (tertiary/aromatic N) is 2. The largest absolute Gasteiger partial charge is 0.331 e. The Hall–Kier alpha value is -1.84. The van der Waals surface area contributed by atoms with E-state index in [-0.39, 0.29) is 0 Å². The van der Waals surface area contributed by atoms with Crippen molar-refractivity contribution in [2.45, 2.75) is 13.0 Å². The first-order chi connectivity index (χ1) is 10.2. The van der Waals surface area contributed by atoms with E-state index in [1.165, 1.54) is 5.56 Å². The summed E-state index contributed by atoms with van der Waals surface area (Å²) >= 11 is 6.40. The summed E-state index contributed by atoms with van der Waals surface area (Å²) < 4.78 is 2.13. The predicted molar refractivity (Wildman–Crippen MR) is 87.7 cm³/mol. The van der Waals surface area contributed by atoms with Crippen LogP contribution in [0.3, 0.4) is 0 Å². The molecule has 0 aliphatic rings. The van der Waals surface area contributed by atoms with Crippen molar-refractivity contribution in [3.8, 4) is 0 Å². The molecule has 0 aliphatic heterocycles. The van der Waals surface area contributed by atoms with Gasteiger partial charge in [0, 0.05) is 25.0 Å². The molecule has 3 aromatic rings. The molecule has 0 spiro atoms. The van der Waals surface area contributed by atoms with Crippen LogP contribution < -0.4 is 5.32 Å². The van der Waals surface area contributed by atoms with E-state index in [0.29, 0.717) is 0 Å². The fourth-order valence-corrected chi connectivity index (χ4v) is 2.84. The number of halogens is 1. The zero-order valence-electron chi connectivity index (χ0n) is 12.2. The predicted octanol–water partition coefficient (Wildman–Crippen LogP) is 3.54. The number of aryl methyl sites for hydroxylation is 1. The zero-order valence-corrected chi connectivity index (χ0v) is 13.0. The lowest BCUT2D eigenvalue weighted by molar-refractivity contribution is 0.815. The maximum atomic E-state index is 6.40. The third-order valence-corrected chi connectivity index (χ3v) is 4.08. The molecule has 0 radical (unpaired) electrons. The Morgan fingerprint density at radius 1 is 1.19 bits per heavy atom. The summed E-state index contributed by atoms with van der Waals surface area (Å²) in [7, 11) is 3.98. The summed E-state index contributed by atoms with van der Waals surface area (Å²) in [4.78, 5) is 4.70. The molecular formula is C17H18ClN3. The molecule has 4 heteroatoms. The molecule has 0 saturated heterocycles. The lowest BCUT2D eigenvalue weighted by Crippen LogP contribution is -2.05. The standard InChI is InChI=1S/C17H18ClN3/c1-19-11-12-7-8-13(14(18)9-12)10-17-20-15-5-3-4-6-16(15)21(17)2/h3-9,19H,10-11H2,1-2H3. The second-order valence-electron chi connectivity index (χ2n) is 5.21. The van der Waals surface area contributed by atoms with Gasteiger partial charge in [-0.15, -0.1) is 0 Å². The fraction of sp³-hybridized carbons (Fsp3) is 0.235. The number of nitrogens with one attached hydrogen (secondary N) is 1. The van der Waals surface area contributed by atoms with Gasteiger partial charge >= 0.3 is 0 Å². The molecule has 0 amide bonds. The van der Waals surface area contributed by atoms with Crippen LogP contribution in [-0.4, -0.2) is 16.6 Å². The summed E-state index contributed by atoms with van der Waals surface area (Å²) in [6.45, 7) is 0.826. The van der Waals surface area contributed by atoms with Crippen LogP contribution in [0, 0.1) is 0 Å². The van der Waals surface area contributed by atoms with E-state index in [2.05, 4.69) is 28.1 Å². The Labute approximate surface area is 129 Å². The Morgan fingerprint density at radius 2 is 2.00 bits per heavy atom. The van der Waals surface area contributed by atoms with Crippen molar-refractivity contribution in [2.75, 3.05) is 7.05 Å². The van der Waals surface area contributed by atoms with Crippen LogP contribution >= 0.6 is 11.6 Å². The number of fused-ring (bicyclic) bond motifs is 1. The summed E-state index contributed by atoms with van der Waals surface area (Å²) in [6, 6.07) is 14.4. The second-order valence-corrected chi connectivity index (χ2v) is 5.62. The average molecular weight is 300 g/mol. The molecule has 1 N–H and O–H groups in total. The van der Waals surface area contributed by atoms with E-state index in [1.807, 2.05) is 38.4 Å². The number of imidazole rings is 1. The van der Waals surface area contributed by atoms with Gasteiger partial charge in [-0.05, 0) is 36.4 Å². The smallest absolute Gasteiger partial charge is 0.114 e. The SMILES string of the molecule is CNCc1ccc(Cc2nc3ccccc3n2C)c(Cl)c1. The van der Waals surface area contributed by atoms with Gasteiger partial charge < -0.3 is 9.88 Å². The van der Waals surface area contributed by atoms with Gasteiger partial charge in [-0.2, -0.15) is 0 Å². The van der Waals surface area contributed by atoms with Crippen molar-refractivity contribution in [2.24, 2.45) is 7.05 Å². The van der Waals surface area contributed by atoms with Crippen molar-refractivity contribution in [1.29, 1.82) is 0 Å². The second kappa shape index (κ2) is 5.88. The Kier molecular flexibility index (Phi) is 3.95. The van der Waals surface area contributed by atoms with Crippen LogP contribution in [0.15, 0.2) is 42.5 Å². The third kappa shape index (κ3) is 2.80. The number of benzene rings is 2. The van der Waals surface area contributed by atoms with Crippen molar-refractivity contribution in [1.82, 2.24) is 14.9 Å². The first kappa shape index (κ1) is 14.1. The summed E-state index contributed by atoms with van der Waals surface area (Å²) in [6.07, 6.45) is 0.740. The Balaban J connectivity index is 1.93. The van der Waals surface area contributed by atoms with Gasteiger partial charge in [0.2, 0.25) is 0 Å². The monoisotopic (exact) mass is 299 g/mol. The highest BCUT2D eigenvalue weighted by atomic mass is 35.5. The first-order valence-corrected chi connectivity index (χ1v) is 7.39. The molecule has 0 bridgehead atoms. The lowest BCUT2D eigenvalue weighted by atomic mass is 10.1. The number of para-hydroxylation sites is 2. The van der Waals surface area contributed by atoms with Crippen molar-refractivity contribution < 1.29 is 0 Å². The molecule has 3 rings (SSSR count). The normalized spacial score (nSPS) is 11.2. The maximum absolute atomic E-state index is 6.40. The van der Waals surface area contributed by atoms with Gasteiger partial charge in [-0.1, -0.05) is 35.9 Å². The van der Waals surface area contributed by atoms with Crippen LogP contribution in [0.4, 0.5) is 0 Å².